The number of carbonyl (C=O) groups excluding carboxylic acids is 2. The van der Waals surface area contributed by atoms with Crippen LogP contribution in [0.25, 0.3) is 11.3 Å². The highest BCUT2D eigenvalue weighted by Crippen LogP contribution is 2.40. The number of alkyl halides is 2. The van der Waals surface area contributed by atoms with Gasteiger partial charge in [0.1, 0.15) is 23.7 Å². The van der Waals surface area contributed by atoms with Crippen LogP contribution in [0.5, 0.6) is 0 Å². The van der Waals surface area contributed by atoms with Crippen molar-refractivity contribution in [3.05, 3.63) is 95.4 Å². The van der Waals surface area contributed by atoms with Gasteiger partial charge in [-0.05, 0) is 49.2 Å². The maximum atomic E-state index is 15.3. The molecule has 3 heterocycles. The molecule has 2 atom stereocenters. The van der Waals surface area contributed by atoms with Crippen LogP contribution in [0.2, 0.25) is 5.02 Å². The molecule has 2 aromatic heterocycles. The van der Waals surface area contributed by atoms with Gasteiger partial charge in [-0.2, -0.15) is 5.26 Å². The van der Waals surface area contributed by atoms with E-state index in [0.717, 1.165) is 11.0 Å². The molecule has 2 amide bonds. The SMILES string of the molecule is N#Cc1ccnc(N2CCCC2C(=O)N(c2cc(F)cc(-c3cnco3)c2)C(C(=O)NC2CC(F)(F)C2)c2ccccc2Cl)c1. The summed E-state index contributed by atoms with van der Waals surface area (Å²) >= 11 is 6.60. The van der Waals surface area contributed by atoms with Crippen LogP contribution in [-0.4, -0.2) is 46.3 Å². The van der Waals surface area contributed by atoms with Gasteiger partial charge in [0.15, 0.2) is 12.2 Å². The standard InChI is InChI=1S/C32H26ClF3N6O3/c33-25-5-2-1-4-24(25)29(30(43)40-22-14-32(35,36)15-22)42(23-12-20(11-21(34)13-23)27-17-38-18-45-27)31(44)26-6-3-9-41(26)28-10-19(16-37)7-8-39-28/h1-2,4-5,7-8,10-13,17-18,22,26,29H,3,6,9,14-15H2,(H,40,43). The van der Waals surface area contributed by atoms with Gasteiger partial charge in [-0.1, -0.05) is 29.8 Å². The largest absolute Gasteiger partial charge is 0.444 e. The Balaban J connectivity index is 1.48. The summed E-state index contributed by atoms with van der Waals surface area (Å²) in [5.74, 6) is -4.35. The van der Waals surface area contributed by atoms with Crippen LogP contribution in [0, 0.1) is 17.1 Å². The normalized spacial score (nSPS) is 18.1. The maximum Gasteiger partial charge on any atom is 0.252 e. The van der Waals surface area contributed by atoms with Gasteiger partial charge in [-0.25, -0.2) is 23.1 Å². The summed E-state index contributed by atoms with van der Waals surface area (Å²) in [7, 11) is 0. The number of aromatic nitrogens is 2. The Morgan fingerprint density at radius 3 is 2.69 bits per heavy atom. The van der Waals surface area contributed by atoms with Crippen molar-refractivity contribution in [3.8, 4) is 17.4 Å². The summed E-state index contributed by atoms with van der Waals surface area (Å²) < 4.78 is 48.1. The van der Waals surface area contributed by atoms with Gasteiger partial charge in [-0.3, -0.25) is 14.5 Å². The lowest BCUT2D eigenvalue weighted by Crippen LogP contribution is -2.56. The fourth-order valence-electron chi connectivity index (χ4n) is 5.86. The second-order valence-electron chi connectivity index (χ2n) is 11.0. The van der Waals surface area contributed by atoms with Crippen LogP contribution in [-0.2, 0) is 9.59 Å². The van der Waals surface area contributed by atoms with E-state index in [0.29, 0.717) is 30.8 Å². The molecule has 2 aromatic carbocycles. The highest BCUT2D eigenvalue weighted by Gasteiger charge is 2.48. The zero-order valence-corrected chi connectivity index (χ0v) is 24.4. The zero-order valence-electron chi connectivity index (χ0n) is 23.7. The number of pyridine rings is 1. The van der Waals surface area contributed by atoms with Crippen molar-refractivity contribution in [1.82, 2.24) is 15.3 Å². The summed E-state index contributed by atoms with van der Waals surface area (Å²) in [6.45, 7) is 0.429. The fraction of sp³-hybridized carbons (Fsp3) is 0.281. The molecule has 13 heteroatoms. The Morgan fingerprint density at radius 1 is 1.18 bits per heavy atom. The molecule has 0 radical (unpaired) electrons. The van der Waals surface area contributed by atoms with E-state index in [2.05, 4.69) is 21.4 Å². The van der Waals surface area contributed by atoms with Gasteiger partial charge in [0.05, 0.1) is 17.8 Å². The number of benzene rings is 2. The zero-order chi connectivity index (χ0) is 31.7. The van der Waals surface area contributed by atoms with Crippen LogP contribution in [0.1, 0.15) is 42.9 Å². The van der Waals surface area contributed by atoms with Gasteiger partial charge in [-0.15, -0.1) is 0 Å². The van der Waals surface area contributed by atoms with E-state index in [1.807, 2.05) is 0 Å². The Hall–Kier alpha value is -4.89. The number of anilines is 2. The van der Waals surface area contributed by atoms with Gasteiger partial charge in [0.25, 0.3) is 11.8 Å². The van der Waals surface area contributed by atoms with E-state index in [9.17, 15) is 23.6 Å². The number of hydrogen-bond acceptors (Lipinski definition) is 7. The Kier molecular flexibility index (Phi) is 8.20. The van der Waals surface area contributed by atoms with Crippen LogP contribution in [0.15, 0.2) is 77.8 Å². The van der Waals surface area contributed by atoms with Crippen LogP contribution >= 0.6 is 11.6 Å². The molecule has 9 nitrogen and oxygen atoms in total. The number of nitrogens with one attached hydrogen (secondary N) is 1. The summed E-state index contributed by atoms with van der Waals surface area (Å²) in [5, 5.41) is 12.2. The smallest absolute Gasteiger partial charge is 0.252 e. The second-order valence-corrected chi connectivity index (χ2v) is 11.4. The minimum atomic E-state index is -2.91. The Labute approximate surface area is 261 Å². The Bertz CT molecular complexity index is 1770. The number of oxazole rings is 1. The molecule has 4 aromatic rings. The van der Waals surface area contributed by atoms with Crippen LogP contribution in [0.3, 0.4) is 0 Å². The molecule has 0 bridgehead atoms. The lowest BCUT2D eigenvalue weighted by molar-refractivity contribution is -0.133. The van der Waals surface area contributed by atoms with E-state index in [-0.39, 0.29) is 27.6 Å². The monoisotopic (exact) mass is 634 g/mol. The van der Waals surface area contributed by atoms with Crippen LogP contribution in [0.4, 0.5) is 24.7 Å². The number of carbonyl (C=O) groups is 2. The van der Waals surface area contributed by atoms with E-state index >= 15 is 4.39 Å². The predicted octanol–water partition coefficient (Wildman–Crippen LogP) is 6.06. The summed E-state index contributed by atoms with van der Waals surface area (Å²) in [4.78, 5) is 40.0. The molecule has 230 valence electrons. The molecular weight excluding hydrogens is 609 g/mol. The molecule has 1 saturated heterocycles. The molecule has 6 rings (SSSR count). The van der Waals surface area contributed by atoms with Crippen molar-refractivity contribution in [3.63, 3.8) is 0 Å². The van der Waals surface area contributed by atoms with E-state index in [1.54, 1.807) is 41.3 Å². The minimum Gasteiger partial charge on any atom is -0.444 e. The quantitative estimate of drug-likeness (QED) is 0.251. The molecule has 1 aliphatic heterocycles. The summed E-state index contributed by atoms with van der Waals surface area (Å²) in [6.07, 6.45) is 3.89. The average Bonchev–Trinajstić information content (AvgIpc) is 3.72. The Morgan fingerprint density at radius 2 is 1.98 bits per heavy atom. The summed E-state index contributed by atoms with van der Waals surface area (Å²) in [5.41, 5.74) is 0.832. The number of rotatable bonds is 8. The van der Waals surface area contributed by atoms with Crippen molar-refractivity contribution in [2.24, 2.45) is 0 Å². The van der Waals surface area contributed by atoms with Crippen molar-refractivity contribution in [2.75, 3.05) is 16.3 Å². The molecule has 45 heavy (non-hydrogen) atoms. The fourth-order valence-corrected chi connectivity index (χ4v) is 6.10. The van der Waals surface area contributed by atoms with Crippen molar-refractivity contribution >= 4 is 34.9 Å². The molecule has 2 unspecified atom stereocenters. The van der Waals surface area contributed by atoms with Crippen molar-refractivity contribution in [2.45, 2.75) is 49.7 Å². The summed E-state index contributed by atoms with van der Waals surface area (Å²) in [6, 6.07) is 12.2. The third kappa shape index (κ3) is 6.21. The maximum absolute atomic E-state index is 15.3. The predicted molar refractivity (Wildman–Crippen MR) is 159 cm³/mol. The third-order valence-corrected chi connectivity index (χ3v) is 8.31. The highest BCUT2D eigenvalue weighted by molar-refractivity contribution is 6.31. The van der Waals surface area contributed by atoms with Gasteiger partial charge < -0.3 is 14.6 Å². The highest BCUT2D eigenvalue weighted by atomic mass is 35.5. The van der Waals surface area contributed by atoms with E-state index in [1.165, 1.54) is 30.9 Å². The van der Waals surface area contributed by atoms with Gasteiger partial charge in [0.2, 0.25) is 5.91 Å². The third-order valence-electron chi connectivity index (χ3n) is 7.96. The number of hydrogen-bond donors (Lipinski definition) is 1. The number of nitriles is 1. The lowest BCUT2D eigenvalue weighted by Gasteiger charge is -2.39. The molecule has 2 aliphatic rings. The van der Waals surface area contributed by atoms with Gasteiger partial charge in [0, 0.05) is 53.5 Å². The first-order chi connectivity index (χ1) is 21.6. The average molecular weight is 635 g/mol. The lowest BCUT2D eigenvalue weighted by atomic mass is 9.87. The van der Waals surface area contributed by atoms with Crippen LogP contribution < -0.4 is 15.1 Å². The molecular formula is C32H26ClF3N6O3. The number of halogens is 4. The first kappa shape index (κ1) is 30.1. The van der Waals surface area contributed by atoms with E-state index in [4.69, 9.17) is 16.0 Å². The van der Waals surface area contributed by atoms with Crippen molar-refractivity contribution in [1.29, 1.82) is 5.26 Å². The second kappa shape index (κ2) is 12.2. The molecule has 1 saturated carbocycles. The number of nitrogens with zero attached hydrogens (tertiary/aromatic N) is 5. The molecule has 2 fully saturated rings. The first-order valence-corrected chi connectivity index (χ1v) is 14.6. The first-order valence-electron chi connectivity index (χ1n) is 14.2. The topological polar surface area (TPSA) is 115 Å². The molecule has 1 N–H and O–H groups in total. The van der Waals surface area contributed by atoms with Gasteiger partial charge >= 0.3 is 0 Å². The van der Waals surface area contributed by atoms with Crippen molar-refractivity contribution < 1.29 is 27.2 Å². The molecule has 0 spiro atoms. The molecule has 1 aliphatic carbocycles. The number of amides is 2. The van der Waals surface area contributed by atoms with E-state index < -0.39 is 54.5 Å². The minimum absolute atomic E-state index is 0.0102.